The van der Waals surface area contributed by atoms with E-state index in [2.05, 4.69) is 15.0 Å². The van der Waals surface area contributed by atoms with Crippen LogP contribution in [0.3, 0.4) is 0 Å². The highest BCUT2D eigenvalue weighted by Gasteiger charge is 2.42. The van der Waals surface area contributed by atoms with Gasteiger partial charge in [0.2, 0.25) is 0 Å². The van der Waals surface area contributed by atoms with E-state index in [-0.39, 0.29) is 17.7 Å². The van der Waals surface area contributed by atoms with Crippen LogP contribution in [0.2, 0.25) is 0 Å². The molecule has 12 heteroatoms. The number of hydrogen-bond donors (Lipinski definition) is 1. The molecule has 2 aliphatic rings. The van der Waals surface area contributed by atoms with Gasteiger partial charge in [-0.1, -0.05) is 6.07 Å². The van der Waals surface area contributed by atoms with E-state index >= 15 is 0 Å². The first-order valence-electron chi connectivity index (χ1n) is 9.79. The number of ether oxygens (including phenoxy) is 3. The molecule has 1 aromatic carbocycles. The topological polar surface area (TPSA) is 77.9 Å². The largest absolute Gasteiger partial charge is 0.573 e. The highest BCUT2D eigenvalue weighted by atomic mass is 32.2. The first-order chi connectivity index (χ1) is 14.8. The van der Waals surface area contributed by atoms with Gasteiger partial charge in [0.25, 0.3) is 0 Å². The number of anilines is 1. The van der Waals surface area contributed by atoms with Gasteiger partial charge in [0.05, 0.1) is 19.5 Å². The Bertz CT molecular complexity index is 920. The first kappa shape index (κ1) is 22.1. The molecule has 0 amide bonds. The fourth-order valence-corrected chi connectivity index (χ4v) is 4.98. The highest BCUT2D eigenvalue weighted by molar-refractivity contribution is 7.82. The zero-order valence-corrected chi connectivity index (χ0v) is 17.6. The molecule has 0 spiro atoms. The van der Waals surface area contributed by atoms with Crippen molar-refractivity contribution in [2.24, 2.45) is 13.0 Å². The van der Waals surface area contributed by atoms with Crippen LogP contribution in [0.25, 0.3) is 0 Å². The third kappa shape index (κ3) is 5.56. The summed E-state index contributed by atoms with van der Waals surface area (Å²) < 4.78 is 69.7. The minimum atomic E-state index is -4.77. The van der Waals surface area contributed by atoms with Gasteiger partial charge in [-0.15, -0.1) is 13.2 Å². The van der Waals surface area contributed by atoms with Crippen LogP contribution >= 0.6 is 0 Å². The summed E-state index contributed by atoms with van der Waals surface area (Å²) in [6.45, 7) is 1.92. The average Bonchev–Trinajstić information content (AvgIpc) is 3.34. The third-order valence-corrected chi connectivity index (χ3v) is 6.38. The molecule has 170 valence electrons. The number of nitrogens with one attached hydrogen (secondary N) is 1. The van der Waals surface area contributed by atoms with E-state index in [1.165, 1.54) is 18.2 Å². The number of benzene rings is 1. The van der Waals surface area contributed by atoms with Gasteiger partial charge in [0.15, 0.2) is 11.3 Å². The van der Waals surface area contributed by atoms with E-state index in [9.17, 15) is 17.4 Å². The monoisotopic (exact) mass is 460 g/mol. The number of imidazole rings is 1. The first-order valence-corrected chi connectivity index (χ1v) is 10.9. The molecular formula is C19H23F3N4O4S. The van der Waals surface area contributed by atoms with Gasteiger partial charge in [-0.25, -0.2) is 13.5 Å². The fourth-order valence-electron chi connectivity index (χ4n) is 3.72. The second kappa shape index (κ2) is 9.15. The average molecular weight is 460 g/mol. The Hall–Kier alpha value is -2.15. The molecule has 0 saturated carbocycles. The summed E-state index contributed by atoms with van der Waals surface area (Å²) in [5, 5.41) is 3.68. The van der Waals surface area contributed by atoms with Gasteiger partial charge in [0.1, 0.15) is 16.7 Å². The molecule has 3 atom stereocenters. The van der Waals surface area contributed by atoms with Crippen molar-refractivity contribution >= 4 is 16.7 Å². The highest BCUT2D eigenvalue weighted by Crippen LogP contribution is 2.31. The molecule has 1 unspecified atom stereocenters. The minimum Gasteiger partial charge on any atom is -0.406 e. The van der Waals surface area contributed by atoms with E-state index in [0.29, 0.717) is 37.0 Å². The molecule has 3 heterocycles. The molecule has 1 aromatic heterocycles. The standard InChI is InChI=1S/C19H23F3N4O4S/c1-25-11-17(23-12-25)31(27)26-9-15(18-28-6-3-7-29-18)16(10-26)24-13-4-2-5-14(8-13)30-19(20,21)22/h2,4-5,8,11-12,15-16,18,24H,3,6-7,9-10H2,1H3/t15-,16-,31?/m1/s1. The summed E-state index contributed by atoms with van der Waals surface area (Å²) >= 11 is 0. The molecular weight excluding hydrogens is 437 g/mol. The van der Waals surface area contributed by atoms with Gasteiger partial charge in [-0.05, 0) is 18.6 Å². The summed E-state index contributed by atoms with van der Waals surface area (Å²) in [6.07, 6.45) is -1.20. The van der Waals surface area contributed by atoms with Crippen molar-refractivity contribution in [1.82, 2.24) is 13.9 Å². The maximum Gasteiger partial charge on any atom is 0.573 e. The van der Waals surface area contributed by atoms with Crippen LogP contribution in [0.5, 0.6) is 5.75 Å². The van der Waals surface area contributed by atoms with Crippen molar-refractivity contribution in [1.29, 1.82) is 0 Å². The minimum absolute atomic E-state index is 0.180. The van der Waals surface area contributed by atoms with Crippen molar-refractivity contribution in [2.45, 2.75) is 30.1 Å². The predicted molar refractivity (Wildman–Crippen MR) is 106 cm³/mol. The van der Waals surface area contributed by atoms with Crippen LogP contribution in [0.4, 0.5) is 18.9 Å². The number of halogens is 3. The molecule has 4 rings (SSSR count). The lowest BCUT2D eigenvalue weighted by molar-refractivity contribution is -0.274. The molecule has 0 aliphatic carbocycles. The summed E-state index contributed by atoms with van der Waals surface area (Å²) in [7, 11) is 0.314. The van der Waals surface area contributed by atoms with Crippen molar-refractivity contribution in [3.05, 3.63) is 36.8 Å². The Morgan fingerprint density at radius 3 is 2.71 bits per heavy atom. The summed E-state index contributed by atoms with van der Waals surface area (Å²) in [4.78, 5) is 4.17. The Labute approximate surface area is 179 Å². The summed E-state index contributed by atoms with van der Waals surface area (Å²) in [5.41, 5.74) is 0.457. The molecule has 2 fully saturated rings. The number of aromatic nitrogens is 2. The molecule has 0 bridgehead atoms. The van der Waals surface area contributed by atoms with Crippen molar-refractivity contribution in [2.75, 3.05) is 31.6 Å². The zero-order valence-electron chi connectivity index (χ0n) is 16.7. The third-order valence-electron chi connectivity index (χ3n) is 5.05. The quantitative estimate of drug-likeness (QED) is 0.714. The smallest absolute Gasteiger partial charge is 0.406 e. The summed E-state index contributed by atoms with van der Waals surface area (Å²) in [5.74, 6) is -0.494. The Morgan fingerprint density at radius 2 is 2.03 bits per heavy atom. The molecule has 2 aromatic rings. The number of nitrogens with zero attached hydrogens (tertiary/aromatic N) is 3. The maximum absolute atomic E-state index is 13.0. The fraction of sp³-hybridized carbons (Fsp3) is 0.526. The van der Waals surface area contributed by atoms with Crippen LogP contribution in [-0.2, 0) is 27.5 Å². The number of aryl methyl sites for hydroxylation is 1. The lowest BCUT2D eigenvalue weighted by Crippen LogP contribution is -2.41. The van der Waals surface area contributed by atoms with Crippen LogP contribution in [0.15, 0.2) is 41.8 Å². The van der Waals surface area contributed by atoms with Crippen molar-refractivity contribution in [3.63, 3.8) is 0 Å². The van der Waals surface area contributed by atoms with E-state index in [0.717, 1.165) is 6.42 Å². The van der Waals surface area contributed by atoms with Crippen LogP contribution in [0, 0.1) is 5.92 Å². The molecule has 2 saturated heterocycles. The van der Waals surface area contributed by atoms with E-state index < -0.39 is 23.6 Å². The van der Waals surface area contributed by atoms with Gasteiger partial charge in [-0.3, -0.25) is 0 Å². The van der Waals surface area contributed by atoms with Gasteiger partial charge in [0, 0.05) is 50.0 Å². The van der Waals surface area contributed by atoms with Crippen LogP contribution < -0.4 is 10.1 Å². The van der Waals surface area contributed by atoms with Crippen molar-refractivity contribution < 1.29 is 31.6 Å². The molecule has 8 nitrogen and oxygen atoms in total. The number of rotatable bonds is 6. The Balaban J connectivity index is 1.52. The Morgan fingerprint density at radius 1 is 1.26 bits per heavy atom. The van der Waals surface area contributed by atoms with E-state index in [4.69, 9.17) is 9.47 Å². The zero-order chi connectivity index (χ0) is 22.0. The lowest BCUT2D eigenvalue weighted by Gasteiger charge is -2.31. The SMILES string of the molecule is Cn1cnc(S(=O)N2C[C@@H](Nc3cccc(OC(F)(F)F)c3)[C@H](C3OCCCO3)C2)c1. The van der Waals surface area contributed by atoms with Gasteiger partial charge < -0.3 is 24.1 Å². The van der Waals surface area contributed by atoms with Gasteiger partial charge >= 0.3 is 6.36 Å². The van der Waals surface area contributed by atoms with E-state index in [1.807, 2.05) is 0 Å². The molecule has 2 aliphatic heterocycles. The second-order valence-electron chi connectivity index (χ2n) is 7.43. The molecule has 31 heavy (non-hydrogen) atoms. The molecule has 0 radical (unpaired) electrons. The van der Waals surface area contributed by atoms with Crippen LogP contribution in [0.1, 0.15) is 6.42 Å². The normalized spacial score (nSPS) is 24.3. The summed E-state index contributed by atoms with van der Waals surface area (Å²) in [6, 6.07) is 5.38. The number of alkyl halides is 3. The van der Waals surface area contributed by atoms with E-state index in [1.54, 1.807) is 34.5 Å². The van der Waals surface area contributed by atoms with Gasteiger partial charge in [-0.2, -0.15) is 0 Å². The number of hydrogen-bond acceptors (Lipinski definition) is 6. The van der Waals surface area contributed by atoms with Crippen LogP contribution in [-0.4, -0.2) is 63.1 Å². The Kier molecular flexibility index (Phi) is 6.51. The lowest BCUT2D eigenvalue weighted by atomic mass is 10.0. The predicted octanol–water partition coefficient (Wildman–Crippen LogP) is 2.52. The maximum atomic E-state index is 13.0. The second-order valence-corrected chi connectivity index (χ2v) is 8.86. The van der Waals surface area contributed by atoms with Crippen molar-refractivity contribution in [3.8, 4) is 5.75 Å². The molecule has 1 N–H and O–H groups in total.